The molecule has 0 aliphatic heterocycles. The lowest BCUT2D eigenvalue weighted by Crippen LogP contribution is -2.35. The third-order valence-electron chi connectivity index (χ3n) is 3.88. The average Bonchev–Trinajstić information content (AvgIpc) is 2.84. The number of carbonyl (C=O) groups excluding carboxylic acids is 1. The molecular weight excluding hydrogens is 354 g/mol. The van der Waals surface area contributed by atoms with Crippen molar-refractivity contribution in [3.63, 3.8) is 0 Å². The van der Waals surface area contributed by atoms with Gasteiger partial charge in [0, 0.05) is 18.7 Å². The summed E-state index contributed by atoms with van der Waals surface area (Å²) in [4.78, 5) is 13.7. The van der Waals surface area contributed by atoms with E-state index in [0.717, 1.165) is 23.4 Å². The molecule has 0 unspecified atom stereocenters. The van der Waals surface area contributed by atoms with E-state index in [-0.39, 0.29) is 18.7 Å². The van der Waals surface area contributed by atoms with Crippen LogP contribution in [0.4, 0.5) is 17.6 Å². The number of alkyl halides is 3. The minimum atomic E-state index is -4.69. The minimum absolute atomic E-state index is 0.0212. The van der Waals surface area contributed by atoms with Crippen molar-refractivity contribution in [3.05, 3.63) is 52.2 Å². The van der Waals surface area contributed by atoms with Crippen molar-refractivity contribution in [1.82, 2.24) is 15.4 Å². The van der Waals surface area contributed by atoms with Gasteiger partial charge in [0.1, 0.15) is 11.6 Å². The standard InChI is InChI=1S/C17H19F4N3O2/c1-10-14(11(2)26-23-10)8-24(3)9-16(25)22-7-12-4-5-13(18)6-15(12)17(19,20)21/h4-6H,7-9H2,1-3H3,(H,22,25). The Morgan fingerprint density at radius 2 is 2.00 bits per heavy atom. The predicted octanol–water partition coefficient (Wildman–Crippen LogP) is 3.20. The van der Waals surface area contributed by atoms with Crippen molar-refractivity contribution < 1.29 is 26.9 Å². The Labute approximate surface area is 148 Å². The zero-order chi connectivity index (χ0) is 19.5. The number of amides is 1. The maximum Gasteiger partial charge on any atom is 0.416 e. The van der Waals surface area contributed by atoms with Gasteiger partial charge in [-0.05, 0) is 38.6 Å². The van der Waals surface area contributed by atoms with Crippen LogP contribution in [0.5, 0.6) is 0 Å². The average molecular weight is 373 g/mol. The van der Waals surface area contributed by atoms with Crippen LogP contribution in [0.1, 0.15) is 28.1 Å². The zero-order valence-corrected chi connectivity index (χ0v) is 14.6. The molecule has 0 bridgehead atoms. The number of halogens is 4. The molecule has 1 heterocycles. The summed E-state index contributed by atoms with van der Waals surface area (Å²) in [6.07, 6.45) is -4.69. The van der Waals surface area contributed by atoms with E-state index in [2.05, 4.69) is 10.5 Å². The van der Waals surface area contributed by atoms with Crippen LogP contribution in [0, 0.1) is 19.7 Å². The molecule has 0 radical (unpaired) electrons. The molecule has 0 aliphatic carbocycles. The van der Waals surface area contributed by atoms with E-state index < -0.39 is 23.5 Å². The number of likely N-dealkylation sites (N-methyl/N-ethyl adjacent to an activating group) is 1. The van der Waals surface area contributed by atoms with Gasteiger partial charge in [0.2, 0.25) is 5.91 Å². The summed E-state index contributed by atoms with van der Waals surface area (Å²) >= 11 is 0. The van der Waals surface area contributed by atoms with Crippen LogP contribution in [-0.4, -0.2) is 29.6 Å². The van der Waals surface area contributed by atoms with Gasteiger partial charge in [-0.3, -0.25) is 9.69 Å². The van der Waals surface area contributed by atoms with Crippen molar-refractivity contribution in [2.24, 2.45) is 0 Å². The highest BCUT2D eigenvalue weighted by atomic mass is 19.4. The largest absolute Gasteiger partial charge is 0.416 e. The van der Waals surface area contributed by atoms with Gasteiger partial charge in [0.05, 0.1) is 17.8 Å². The molecular formula is C17H19F4N3O2. The van der Waals surface area contributed by atoms with Crippen LogP contribution in [0.2, 0.25) is 0 Å². The third-order valence-corrected chi connectivity index (χ3v) is 3.88. The molecule has 1 N–H and O–H groups in total. The monoisotopic (exact) mass is 373 g/mol. The topological polar surface area (TPSA) is 58.4 Å². The minimum Gasteiger partial charge on any atom is -0.361 e. The normalized spacial score (nSPS) is 11.8. The lowest BCUT2D eigenvalue weighted by atomic mass is 10.1. The Morgan fingerprint density at radius 1 is 1.31 bits per heavy atom. The predicted molar refractivity (Wildman–Crippen MR) is 85.6 cm³/mol. The molecule has 142 valence electrons. The van der Waals surface area contributed by atoms with Gasteiger partial charge in [-0.25, -0.2) is 4.39 Å². The summed E-state index contributed by atoms with van der Waals surface area (Å²) < 4.78 is 57.0. The van der Waals surface area contributed by atoms with Crippen molar-refractivity contribution >= 4 is 5.91 Å². The lowest BCUT2D eigenvalue weighted by molar-refractivity contribution is -0.138. The first kappa shape index (κ1) is 19.9. The Kier molecular flexibility index (Phi) is 6.01. The number of rotatable bonds is 6. The summed E-state index contributed by atoms with van der Waals surface area (Å²) in [5.74, 6) is -0.779. The van der Waals surface area contributed by atoms with Crippen LogP contribution in [0.15, 0.2) is 22.7 Å². The van der Waals surface area contributed by atoms with E-state index >= 15 is 0 Å². The molecule has 0 fully saturated rings. The fourth-order valence-electron chi connectivity index (χ4n) is 2.52. The first-order valence-corrected chi connectivity index (χ1v) is 7.80. The second-order valence-corrected chi connectivity index (χ2v) is 6.05. The SMILES string of the molecule is Cc1noc(C)c1CN(C)CC(=O)NCc1ccc(F)cc1C(F)(F)F. The molecule has 0 saturated heterocycles. The molecule has 0 spiro atoms. The van der Waals surface area contributed by atoms with E-state index in [1.54, 1.807) is 25.8 Å². The van der Waals surface area contributed by atoms with Crippen molar-refractivity contribution in [1.29, 1.82) is 0 Å². The van der Waals surface area contributed by atoms with E-state index in [4.69, 9.17) is 4.52 Å². The number of hydrogen-bond donors (Lipinski definition) is 1. The number of hydrogen-bond acceptors (Lipinski definition) is 4. The van der Waals surface area contributed by atoms with Crippen LogP contribution < -0.4 is 5.32 Å². The number of aromatic nitrogens is 1. The van der Waals surface area contributed by atoms with Gasteiger partial charge in [-0.1, -0.05) is 11.2 Å². The van der Waals surface area contributed by atoms with Crippen molar-refractivity contribution in [3.8, 4) is 0 Å². The second-order valence-electron chi connectivity index (χ2n) is 6.05. The van der Waals surface area contributed by atoms with E-state index in [1.165, 1.54) is 0 Å². The highest BCUT2D eigenvalue weighted by Gasteiger charge is 2.33. The summed E-state index contributed by atoms with van der Waals surface area (Å²) in [6, 6.07) is 2.37. The van der Waals surface area contributed by atoms with Crippen LogP contribution in [0.25, 0.3) is 0 Å². The van der Waals surface area contributed by atoms with Gasteiger partial charge in [-0.15, -0.1) is 0 Å². The molecule has 0 aliphatic rings. The second kappa shape index (κ2) is 7.86. The van der Waals surface area contributed by atoms with Crippen LogP contribution in [-0.2, 0) is 24.1 Å². The summed E-state index contributed by atoms with van der Waals surface area (Å²) in [7, 11) is 1.70. The maximum absolute atomic E-state index is 13.1. The van der Waals surface area contributed by atoms with Crippen molar-refractivity contribution in [2.75, 3.05) is 13.6 Å². The van der Waals surface area contributed by atoms with E-state index in [9.17, 15) is 22.4 Å². The zero-order valence-electron chi connectivity index (χ0n) is 14.6. The quantitative estimate of drug-likeness (QED) is 0.790. The van der Waals surface area contributed by atoms with Gasteiger partial charge in [-0.2, -0.15) is 13.2 Å². The van der Waals surface area contributed by atoms with Crippen molar-refractivity contribution in [2.45, 2.75) is 33.1 Å². The van der Waals surface area contributed by atoms with Gasteiger partial charge < -0.3 is 9.84 Å². The molecule has 1 amide bonds. The Morgan fingerprint density at radius 3 is 2.58 bits per heavy atom. The van der Waals surface area contributed by atoms with E-state index in [0.29, 0.717) is 18.4 Å². The molecule has 1 aromatic carbocycles. The Balaban J connectivity index is 1.95. The number of carbonyl (C=O) groups is 1. The number of nitrogens with one attached hydrogen (secondary N) is 1. The maximum atomic E-state index is 13.1. The summed E-state index contributed by atoms with van der Waals surface area (Å²) in [5.41, 5.74) is 0.289. The first-order valence-electron chi connectivity index (χ1n) is 7.80. The molecule has 2 aromatic rings. The van der Waals surface area contributed by atoms with Crippen LogP contribution in [0.3, 0.4) is 0 Å². The van der Waals surface area contributed by atoms with Gasteiger partial charge in [0.25, 0.3) is 0 Å². The molecule has 26 heavy (non-hydrogen) atoms. The van der Waals surface area contributed by atoms with Crippen LogP contribution >= 0.6 is 0 Å². The third kappa shape index (κ3) is 5.04. The number of benzene rings is 1. The van der Waals surface area contributed by atoms with Gasteiger partial charge in [0.15, 0.2) is 0 Å². The Hall–Kier alpha value is -2.42. The summed E-state index contributed by atoms with van der Waals surface area (Å²) in [5, 5.41) is 6.25. The number of aryl methyl sites for hydroxylation is 2. The smallest absolute Gasteiger partial charge is 0.361 e. The fraction of sp³-hybridized carbons (Fsp3) is 0.412. The molecule has 2 rings (SSSR count). The molecule has 9 heteroatoms. The highest BCUT2D eigenvalue weighted by molar-refractivity contribution is 5.78. The molecule has 0 atom stereocenters. The molecule has 5 nitrogen and oxygen atoms in total. The van der Waals surface area contributed by atoms with E-state index in [1.807, 2.05) is 0 Å². The summed E-state index contributed by atoms with van der Waals surface area (Å²) in [6.45, 7) is 3.60. The molecule has 0 saturated carbocycles. The number of nitrogens with zero attached hydrogens (tertiary/aromatic N) is 2. The highest BCUT2D eigenvalue weighted by Crippen LogP contribution is 2.32. The molecule has 1 aromatic heterocycles. The first-order chi connectivity index (χ1) is 12.1. The Bertz CT molecular complexity index is 767. The van der Waals surface area contributed by atoms with Gasteiger partial charge >= 0.3 is 6.18 Å². The lowest BCUT2D eigenvalue weighted by Gasteiger charge is -2.17. The fourth-order valence-corrected chi connectivity index (χ4v) is 2.52.